The number of nitrogens with zero attached hydrogens (tertiary/aromatic N) is 1. The van der Waals surface area contributed by atoms with Crippen LogP contribution in [-0.2, 0) is 0 Å². The number of benzene rings is 1. The summed E-state index contributed by atoms with van der Waals surface area (Å²) in [5.74, 6) is 0. The Morgan fingerprint density at radius 3 is 2.60 bits per heavy atom. The fraction of sp³-hybridized carbons (Fsp3) is 0.462. The van der Waals surface area contributed by atoms with E-state index in [1.165, 1.54) is 5.56 Å². The molecule has 0 aliphatic heterocycles. The monoisotopic (exact) mass is 202 g/mol. The number of nitrogens with one attached hydrogen (secondary N) is 1. The molecule has 0 aliphatic rings. The van der Waals surface area contributed by atoms with Crippen LogP contribution in [0.5, 0.6) is 0 Å². The molecular weight excluding hydrogens is 184 g/mol. The van der Waals surface area contributed by atoms with Crippen molar-refractivity contribution in [3.8, 4) is 6.07 Å². The largest absolute Gasteiger partial charge is 0.296 e. The Hall–Kier alpha value is -1.33. The maximum absolute atomic E-state index is 9.14. The fourth-order valence-corrected chi connectivity index (χ4v) is 1.51. The van der Waals surface area contributed by atoms with E-state index in [9.17, 15) is 0 Å². The molecule has 80 valence electrons. The molecule has 2 nitrogen and oxygen atoms in total. The maximum atomic E-state index is 9.14. The van der Waals surface area contributed by atoms with Crippen LogP contribution in [0.4, 0.5) is 0 Å². The lowest BCUT2D eigenvalue weighted by molar-refractivity contribution is 0.500. The van der Waals surface area contributed by atoms with E-state index < -0.39 is 0 Å². The molecule has 0 bridgehead atoms. The van der Waals surface area contributed by atoms with Crippen molar-refractivity contribution in [3.05, 3.63) is 35.4 Å². The first kappa shape index (κ1) is 11.7. The fourth-order valence-electron chi connectivity index (χ4n) is 1.51. The molecule has 2 atom stereocenters. The Bertz CT molecular complexity index is 352. The maximum Gasteiger partial charge on any atom is 0.121 e. The van der Waals surface area contributed by atoms with Gasteiger partial charge in [-0.3, -0.25) is 5.32 Å². The van der Waals surface area contributed by atoms with Gasteiger partial charge in [0.2, 0.25) is 0 Å². The van der Waals surface area contributed by atoms with Gasteiger partial charge in [0.05, 0.1) is 6.07 Å². The van der Waals surface area contributed by atoms with Gasteiger partial charge >= 0.3 is 0 Å². The number of hydrogen-bond donors (Lipinski definition) is 1. The molecule has 2 unspecified atom stereocenters. The van der Waals surface area contributed by atoms with E-state index in [1.807, 2.05) is 31.2 Å². The molecule has 2 heteroatoms. The van der Waals surface area contributed by atoms with Crippen molar-refractivity contribution in [1.29, 1.82) is 5.26 Å². The number of hydrogen-bond acceptors (Lipinski definition) is 2. The van der Waals surface area contributed by atoms with Gasteiger partial charge in [0.25, 0.3) is 0 Å². The highest BCUT2D eigenvalue weighted by Gasteiger charge is 2.13. The van der Waals surface area contributed by atoms with Gasteiger partial charge in [-0.25, -0.2) is 0 Å². The Balaban J connectivity index is 2.85. The smallest absolute Gasteiger partial charge is 0.121 e. The molecule has 0 amide bonds. The molecule has 0 aromatic heterocycles. The Morgan fingerprint density at radius 1 is 1.40 bits per heavy atom. The van der Waals surface area contributed by atoms with Gasteiger partial charge in [-0.15, -0.1) is 0 Å². The highest BCUT2D eigenvalue weighted by molar-refractivity contribution is 5.32. The van der Waals surface area contributed by atoms with Crippen molar-refractivity contribution in [3.63, 3.8) is 0 Å². The van der Waals surface area contributed by atoms with E-state index >= 15 is 0 Å². The van der Waals surface area contributed by atoms with Crippen LogP contribution in [0, 0.1) is 18.3 Å². The van der Waals surface area contributed by atoms with Crippen LogP contribution < -0.4 is 5.32 Å². The lowest BCUT2D eigenvalue weighted by Gasteiger charge is -2.18. The van der Waals surface area contributed by atoms with Gasteiger partial charge in [-0.05, 0) is 31.4 Å². The molecule has 0 fully saturated rings. The number of aryl methyl sites for hydroxylation is 1. The summed E-state index contributed by atoms with van der Waals surface area (Å²) in [4.78, 5) is 0. The standard InChI is InChI=1S/C13H18N2/c1-4-11(3)15-13(9-14)12-8-6-5-7-10(12)2/h5-8,11,13,15H,4H2,1-3H3. The van der Waals surface area contributed by atoms with Crippen molar-refractivity contribution in [1.82, 2.24) is 5.32 Å². The highest BCUT2D eigenvalue weighted by atomic mass is 14.9. The Labute approximate surface area is 91.9 Å². The van der Waals surface area contributed by atoms with Gasteiger partial charge in [0.15, 0.2) is 0 Å². The Kier molecular flexibility index (Phi) is 4.33. The summed E-state index contributed by atoms with van der Waals surface area (Å²) in [7, 11) is 0. The van der Waals surface area contributed by atoms with Crippen LogP contribution in [0.3, 0.4) is 0 Å². The second kappa shape index (κ2) is 5.53. The molecule has 1 N–H and O–H groups in total. The zero-order valence-corrected chi connectivity index (χ0v) is 9.62. The summed E-state index contributed by atoms with van der Waals surface area (Å²) in [5, 5.41) is 12.4. The SMILES string of the molecule is CCC(C)NC(C#N)c1ccccc1C. The summed E-state index contributed by atoms with van der Waals surface area (Å²) < 4.78 is 0. The average molecular weight is 202 g/mol. The third kappa shape index (κ3) is 3.07. The van der Waals surface area contributed by atoms with Gasteiger partial charge in [-0.1, -0.05) is 31.2 Å². The third-order valence-corrected chi connectivity index (χ3v) is 2.69. The van der Waals surface area contributed by atoms with E-state index in [4.69, 9.17) is 5.26 Å². The van der Waals surface area contributed by atoms with E-state index in [0.717, 1.165) is 12.0 Å². The second-order valence-electron chi connectivity index (χ2n) is 3.89. The van der Waals surface area contributed by atoms with Crippen LogP contribution in [0.2, 0.25) is 0 Å². The summed E-state index contributed by atoms with van der Waals surface area (Å²) in [5.41, 5.74) is 2.25. The zero-order valence-electron chi connectivity index (χ0n) is 9.62. The molecule has 0 aliphatic carbocycles. The highest BCUT2D eigenvalue weighted by Crippen LogP contribution is 2.17. The molecule has 0 radical (unpaired) electrons. The molecule has 0 spiro atoms. The van der Waals surface area contributed by atoms with Crippen LogP contribution in [0.1, 0.15) is 37.4 Å². The van der Waals surface area contributed by atoms with Gasteiger partial charge in [0.1, 0.15) is 6.04 Å². The minimum Gasteiger partial charge on any atom is -0.296 e. The lowest BCUT2D eigenvalue weighted by atomic mass is 10.0. The van der Waals surface area contributed by atoms with Gasteiger partial charge in [-0.2, -0.15) is 5.26 Å². The quantitative estimate of drug-likeness (QED) is 0.814. The molecule has 0 saturated carbocycles. The van der Waals surface area contributed by atoms with Crippen LogP contribution >= 0.6 is 0 Å². The van der Waals surface area contributed by atoms with Gasteiger partial charge in [0, 0.05) is 6.04 Å². The summed E-state index contributed by atoms with van der Waals surface area (Å²) in [6.45, 7) is 6.25. The van der Waals surface area contributed by atoms with Crippen LogP contribution in [-0.4, -0.2) is 6.04 Å². The first-order valence-electron chi connectivity index (χ1n) is 5.40. The predicted octanol–water partition coefficient (Wildman–Crippen LogP) is 2.95. The molecule has 0 saturated heterocycles. The number of rotatable bonds is 4. The molecule has 1 rings (SSSR count). The third-order valence-electron chi connectivity index (χ3n) is 2.69. The lowest BCUT2D eigenvalue weighted by Crippen LogP contribution is -2.29. The first-order chi connectivity index (χ1) is 7.19. The minimum atomic E-state index is -0.193. The average Bonchev–Trinajstić information content (AvgIpc) is 2.26. The van der Waals surface area contributed by atoms with Crippen molar-refractivity contribution in [2.75, 3.05) is 0 Å². The topological polar surface area (TPSA) is 35.8 Å². The number of nitriles is 1. The molecule has 15 heavy (non-hydrogen) atoms. The Morgan fingerprint density at radius 2 is 2.07 bits per heavy atom. The van der Waals surface area contributed by atoms with Crippen molar-refractivity contribution in [2.24, 2.45) is 0 Å². The molecule has 1 aromatic rings. The van der Waals surface area contributed by atoms with E-state index in [2.05, 4.69) is 25.2 Å². The molecule has 1 aromatic carbocycles. The zero-order chi connectivity index (χ0) is 11.3. The molecular formula is C13H18N2. The summed E-state index contributed by atoms with van der Waals surface area (Å²) in [6, 6.07) is 10.5. The van der Waals surface area contributed by atoms with E-state index in [1.54, 1.807) is 0 Å². The van der Waals surface area contributed by atoms with E-state index in [-0.39, 0.29) is 6.04 Å². The van der Waals surface area contributed by atoms with Crippen molar-refractivity contribution in [2.45, 2.75) is 39.3 Å². The second-order valence-corrected chi connectivity index (χ2v) is 3.89. The minimum absolute atomic E-state index is 0.193. The normalized spacial score (nSPS) is 14.3. The van der Waals surface area contributed by atoms with Crippen LogP contribution in [0.25, 0.3) is 0 Å². The first-order valence-corrected chi connectivity index (χ1v) is 5.40. The summed E-state index contributed by atoms with van der Waals surface area (Å²) >= 11 is 0. The van der Waals surface area contributed by atoms with Gasteiger partial charge < -0.3 is 0 Å². The van der Waals surface area contributed by atoms with Crippen molar-refractivity contribution < 1.29 is 0 Å². The summed E-state index contributed by atoms with van der Waals surface area (Å²) in [6.07, 6.45) is 1.03. The predicted molar refractivity (Wildman–Crippen MR) is 62.4 cm³/mol. The molecule has 0 heterocycles. The van der Waals surface area contributed by atoms with Crippen LogP contribution in [0.15, 0.2) is 24.3 Å². The van der Waals surface area contributed by atoms with Crippen molar-refractivity contribution >= 4 is 0 Å². The van der Waals surface area contributed by atoms with E-state index in [0.29, 0.717) is 6.04 Å².